The summed E-state index contributed by atoms with van der Waals surface area (Å²) in [5.41, 5.74) is 1.19. The topological polar surface area (TPSA) is 74.3 Å². The molecule has 0 saturated heterocycles. The van der Waals surface area contributed by atoms with Gasteiger partial charge < -0.3 is 14.2 Å². The highest BCUT2D eigenvalue weighted by Gasteiger charge is 2.31. The average Bonchev–Trinajstić information content (AvgIpc) is 3.08. The van der Waals surface area contributed by atoms with E-state index >= 15 is 0 Å². The lowest BCUT2D eigenvalue weighted by Crippen LogP contribution is -2.41. The number of rotatable bonds is 4. The molecule has 1 atom stereocenters. The molecule has 1 aromatic carbocycles. The second-order valence-electron chi connectivity index (χ2n) is 8.23. The lowest BCUT2D eigenvalue weighted by molar-refractivity contribution is 0.409. The fourth-order valence-corrected chi connectivity index (χ4v) is 4.09. The Labute approximate surface area is 169 Å². The maximum Gasteiger partial charge on any atom is 0.332 e. The predicted octanol–water partition coefficient (Wildman–Crippen LogP) is 2.35. The zero-order valence-electron chi connectivity index (χ0n) is 17.5. The summed E-state index contributed by atoms with van der Waals surface area (Å²) in [4.78, 5) is 32.9. The van der Waals surface area contributed by atoms with Crippen LogP contribution in [0.4, 0.5) is 11.6 Å². The van der Waals surface area contributed by atoms with E-state index in [0.29, 0.717) is 36.1 Å². The molecule has 4 rings (SSSR count). The van der Waals surface area contributed by atoms with Crippen LogP contribution in [0.15, 0.2) is 33.9 Å². The molecule has 8 nitrogen and oxygen atoms in total. The minimum Gasteiger partial charge on any atom is -0.495 e. The molecule has 0 N–H and O–H groups in total. The van der Waals surface area contributed by atoms with Crippen molar-refractivity contribution in [2.45, 2.75) is 33.9 Å². The van der Waals surface area contributed by atoms with E-state index in [9.17, 15) is 9.59 Å². The standard InChI is InChI=1S/C21H27N5O3/c1-13(2)10-26-19(27)17-18(23(4)21(26)28)22-20-24(11-14(3)12-25(17)20)15-8-6-7-9-16(15)29-5/h6-9,13-14H,10-12H2,1-5H3/t14-/m1/s1. The van der Waals surface area contributed by atoms with Crippen molar-refractivity contribution in [1.82, 2.24) is 18.7 Å². The summed E-state index contributed by atoms with van der Waals surface area (Å²) >= 11 is 0. The summed E-state index contributed by atoms with van der Waals surface area (Å²) in [6, 6.07) is 7.77. The highest BCUT2D eigenvalue weighted by atomic mass is 16.5. The Hall–Kier alpha value is -3.03. The molecule has 3 aromatic rings. The van der Waals surface area contributed by atoms with Crippen molar-refractivity contribution in [3.05, 3.63) is 45.1 Å². The number of aryl methyl sites for hydroxylation is 1. The molecule has 8 heteroatoms. The van der Waals surface area contributed by atoms with Crippen molar-refractivity contribution in [1.29, 1.82) is 0 Å². The first-order valence-electron chi connectivity index (χ1n) is 9.94. The molecule has 1 aliphatic rings. The largest absolute Gasteiger partial charge is 0.495 e. The van der Waals surface area contributed by atoms with E-state index in [1.807, 2.05) is 42.7 Å². The number of imidazole rings is 1. The van der Waals surface area contributed by atoms with Gasteiger partial charge in [-0.05, 0) is 24.0 Å². The monoisotopic (exact) mass is 397 g/mol. The van der Waals surface area contributed by atoms with Crippen LogP contribution in [0, 0.1) is 11.8 Å². The molecule has 0 fully saturated rings. The fraction of sp³-hybridized carbons (Fsp3) is 0.476. The van der Waals surface area contributed by atoms with Gasteiger partial charge in [-0.1, -0.05) is 32.9 Å². The van der Waals surface area contributed by atoms with Gasteiger partial charge in [0.1, 0.15) is 5.75 Å². The summed E-state index contributed by atoms with van der Waals surface area (Å²) in [6.07, 6.45) is 0. The molecule has 0 bridgehead atoms. The molecule has 29 heavy (non-hydrogen) atoms. The Morgan fingerprint density at radius 3 is 2.62 bits per heavy atom. The van der Waals surface area contributed by atoms with E-state index in [-0.39, 0.29) is 17.2 Å². The molecule has 3 heterocycles. The Morgan fingerprint density at radius 1 is 1.21 bits per heavy atom. The minimum atomic E-state index is -0.330. The predicted molar refractivity (Wildman–Crippen MR) is 113 cm³/mol. The quantitative estimate of drug-likeness (QED) is 0.676. The van der Waals surface area contributed by atoms with Gasteiger partial charge in [-0.3, -0.25) is 13.9 Å². The van der Waals surface area contributed by atoms with Gasteiger partial charge in [0, 0.05) is 26.7 Å². The lowest BCUT2D eigenvalue weighted by atomic mass is 10.1. The summed E-state index contributed by atoms with van der Waals surface area (Å²) in [7, 11) is 3.32. The van der Waals surface area contributed by atoms with Crippen LogP contribution < -0.4 is 20.9 Å². The Kier molecular flexibility index (Phi) is 4.72. The van der Waals surface area contributed by atoms with Gasteiger partial charge >= 0.3 is 5.69 Å². The van der Waals surface area contributed by atoms with E-state index in [2.05, 4.69) is 11.8 Å². The maximum atomic E-state index is 13.3. The van der Waals surface area contributed by atoms with Crippen molar-refractivity contribution >= 4 is 22.8 Å². The summed E-state index contributed by atoms with van der Waals surface area (Å²) in [5.74, 6) is 1.88. The number of fused-ring (bicyclic) bond motifs is 3. The third kappa shape index (κ3) is 3.03. The van der Waals surface area contributed by atoms with E-state index in [0.717, 1.165) is 18.0 Å². The summed E-state index contributed by atoms with van der Waals surface area (Å²) in [5, 5.41) is 0. The molecular weight excluding hydrogens is 370 g/mol. The van der Waals surface area contributed by atoms with Crippen LogP contribution in [0.1, 0.15) is 20.8 Å². The number of hydrogen-bond donors (Lipinski definition) is 0. The van der Waals surface area contributed by atoms with Crippen LogP contribution in [0.2, 0.25) is 0 Å². The molecule has 0 saturated carbocycles. The summed E-state index contributed by atoms with van der Waals surface area (Å²) in [6.45, 7) is 7.94. The smallest absolute Gasteiger partial charge is 0.332 e. The minimum absolute atomic E-state index is 0.186. The van der Waals surface area contributed by atoms with Crippen LogP contribution in [-0.4, -0.2) is 32.3 Å². The molecule has 0 aliphatic carbocycles. The number of anilines is 2. The molecule has 154 valence electrons. The van der Waals surface area contributed by atoms with E-state index in [1.54, 1.807) is 14.2 Å². The number of methoxy groups -OCH3 is 1. The van der Waals surface area contributed by atoms with Gasteiger partial charge in [-0.2, -0.15) is 4.98 Å². The Morgan fingerprint density at radius 2 is 1.93 bits per heavy atom. The number of hydrogen-bond acceptors (Lipinski definition) is 5. The van der Waals surface area contributed by atoms with E-state index in [1.165, 1.54) is 9.13 Å². The third-order valence-electron chi connectivity index (χ3n) is 5.37. The normalized spacial score (nSPS) is 16.5. The first-order valence-corrected chi connectivity index (χ1v) is 9.94. The van der Waals surface area contributed by atoms with Gasteiger partial charge in [0.05, 0.1) is 12.8 Å². The summed E-state index contributed by atoms with van der Waals surface area (Å²) < 4.78 is 10.3. The van der Waals surface area contributed by atoms with Crippen LogP contribution in [0.25, 0.3) is 11.2 Å². The van der Waals surface area contributed by atoms with Crippen LogP contribution in [0.5, 0.6) is 5.75 Å². The second-order valence-corrected chi connectivity index (χ2v) is 8.23. The fourth-order valence-electron chi connectivity index (χ4n) is 4.09. The second kappa shape index (κ2) is 7.09. The SMILES string of the molecule is COc1ccccc1N1C[C@@H](C)Cn2c1nc1c2c(=O)n(CC(C)C)c(=O)n1C. The van der Waals surface area contributed by atoms with Crippen LogP contribution in [-0.2, 0) is 20.1 Å². The molecular formula is C21H27N5O3. The highest BCUT2D eigenvalue weighted by molar-refractivity contribution is 5.78. The Bertz CT molecular complexity index is 1190. The number of benzene rings is 1. The van der Waals surface area contributed by atoms with Gasteiger partial charge in [0.25, 0.3) is 5.56 Å². The number of ether oxygens (including phenoxy) is 1. The van der Waals surface area contributed by atoms with Gasteiger partial charge in [-0.25, -0.2) is 4.79 Å². The number of para-hydroxylation sites is 2. The highest BCUT2D eigenvalue weighted by Crippen LogP contribution is 2.37. The molecule has 0 radical (unpaired) electrons. The van der Waals surface area contributed by atoms with Crippen molar-refractivity contribution in [2.75, 3.05) is 18.6 Å². The third-order valence-corrected chi connectivity index (χ3v) is 5.37. The van der Waals surface area contributed by atoms with Gasteiger partial charge in [0.2, 0.25) is 5.95 Å². The Balaban J connectivity index is 2.01. The number of aromatic nitrogens is 4. The van der Waals surface area contributed by atoms with Gasteiger partial charge in [-0.15, -0.1) is 0 Å². The van der Waals surface area contributed by atoms with Crippen LogP contribution in [0.3, 0.4) is 0 Å². The van der Waals surface area contributed by atoms with Crippen molar-refractivity contribution in [2.24, 2.45) is 18.9 Å². The van der Waals surface area contributed by atoms with Crippen molar-refractivity contribution < 1.29 is 4.74 Å². The van der Waals surface area contributed by atoms with Crippen LogP contribution >= 0.6 is 0 Å². The van der Waals surface area contributed by atoms with Gasteiger partial charge in [0.15, 0.2) is 11.2 Å². The molecule has 2 aromatic heterocycles. The van der Waals surface area contributed by atoms with E-state index in [4.69, 9.17) is 9.72 Å². The molecule has 0 amide bonds. The zero-order valence-corrected chi connectivity index (χ0v) is 17.5. The first kappa shape index (κ1) is 19.3. The lowest BCUT2D eigenvalue weighted by Gasteiger charge is -2.33. The van der Waals surface area contributed by atoms with E-state index < -0.39 is 0 Å². The van der Waals surface area contributed by atoms with Crippen molar-refractivity contribution in [3.8, 4) is 5.75 Å². The zero-order chi connectivity index (χ0) is 20.9. The maximum absolute atomic E-state index is 13.3. The first-order chi connectivity index (χ1) is 13.8. The molecule has 0 unspecified atom stereocenters. The number of nitrogens with zero attached hydrogens (tertiary/aromatic N) is 5. The molecule has 1 aliphatic heterocycles. The average molecular weight is 397 g/mol. The van der Waals surface area contributed by atoms with Crippen molar-refractivity contribution in [3.63, 3.8) is 0 Å². The molecule has 0 spiro atoms.